The van der Waals surface area contributed by atoms with E-state index in [0.29, 0.717) is 28.2 Å². The lowest BCUT2D eigenvalue weighted by atomic mass is 9.59. The van der Waals surface area contributed by atoms with Crippen molar-refractivity contribution in [2.45, 2.75) is 38.0 Å². The van der Waals surface area contributed by atoms with Crippen molar-refractivity contribution in [3.63, 3.8) is 0 Å². The van der Waals surface area contributed by atoms with E-state index in [1.165, 1.54) is 39.4 Å². The van der Waals surface area contributed by atoms with Crippen molar-refractivity contribution in [3.8, 4) is 17.2 Å². The summed E-state index contributed by atoms with van der Waals surface area (Å²) in [5, 5.41) is 10.5. The third-order valence-corrected chi connectivity index (χ3v) is 9.23. The fourth-order valence-corrected chi connectivity index (χ4v) is 7.16. The number of phenols is 1. The van der Waals surface area contributed by atoms with Gasteiger partial charge in [0.2, 0.25) is 17.6 Å². The molecule has 2 amide bonds. The van der Waals surface area contributed by atoms with Gasteiger partial charge in [-0.15, -0.1) is 0 Å². The van der Waals surface area contributed by atoms with Crippen molar-refractivity contribution >= 4 is 29.1 Å². The van der Waals surface area contributed by atoms with Gasteiger partial charge in [0.15, 0.2) is 23.1 Å². The van der Waals surface area contributed by atoms with E-state index in [4.69, 9.17) is 9.47 Å². The summed E-state index contributed by atoms with van der Waals surface area (Å²) in [4.78, 5) is 55.0. The molecule has 4 unspecified atom stereocenters. The minimum atomic E-state index is -5.21. The van der Waals surface area contributed by atoms with Gasteiger partial charge in [-0.2, -0.15) is 26.3 Å². The van der Waals surface area contributed by atoms with Gasteiger partial charge < -0.3 is 14.6 Å². The SMILES string of the molecule is COc1cc(C2C3=CCC4C(=O)N(c5cc(C(F)(F)F)cc(C(F)(F)F)c5)C(=O)C4C3CC3=C2C(=O)C=C(C)C3=O)cc(OC)c1O. The molecule has 2 aromatic carbocycles. The lowest BCUT2D eigenvalue weighted by Crippen LogP contribution is -2.39. The fraction of sp³-hybridized carbons (Fsp3) is 0.333. The summed E-state index contributed by atoms with van der Waals surface area (Å²) in [5.41, 5.74) is -3.14. The third-order valence-electron chi connectivity index (χ3n) is 9.23. The predicted molar refractivity (Wildman–Crippen MR) is 151 cm³/mol. The van der Waals surface area contributed by atoms with Gasteiger partial charge in [-0.3, -0.25) is 19.2 Å². The van der Waals surface area contributed by atoms with Gasteiger partial charge in [0.1, 0.15) is 0 Å². The first-order valence-corrected chi connectivity index (χ1v) is 14.3. The Hall–Kier alpha value is -4.88. The molecule has 47 heavy (non-hydrogen) atoms. The van der Waals surface area contributed by atoms with E-state index < -0.39 is 76.2 Å². The smallest absolute Gasteiger partial charge is 0.416 e. The monoisotopic (exact) mass is 661 g/mol. The maximum absolute atomic E-state index is 14.0. The molecule has 0 radical (unpaired) electrons. The second-order valence-corrected chi connectivity index (χ2v) is 11.8. The predicted octanol–water partition coefficient (Wildman–Crippen LogP) is 6.08. The fourth-order valence-electron chi connectivity index (χ4n) is 7.16. The van der Waals surface area contributed by atoms with Crippen LogP contribution < -0.4 is 14.4 Å². The first-order valence-electron chi connectivity index (χ1n) is 14.3. The molecular formula is C33H25F6NO7. The van der Waals surface area contributed by atoms with Crippen LogP contribution in [0.25, 0.3) is 0 Å². The standard InChI is InChI=1S/C33H25F6NO7/c1-13-6-22(41)27-21(28(13)42)12-20-18(25(27)14-7-23(46-2)29(43)24(8-14)47-3)4-5-19-26(20)31(45)40(30(19)44)17-10-15(32(34,35)36)9-16(11-17)33(37,38)39/h4,6-11,19-20,25-26,43H,5,12H2,1-3H3. The van der Waals surface area contributed by atoms with Crippen molar-refractivity contribution < 1.29 is 60.1 Å². The number of hydrogen-bond acceptors (Lipinski definition) is 7. The lowest BCUT2D eigenvalue weighted by Gasteiger charge is -2.42. The molecule has 1 fully saturated rings. The summed E-state index contributed by atoms with van der Waals surface area (Å²) < 4.78 is 92.6. The first-order chi connectivity index (χ1) is 22.0. The number of anilines is 1. The van der Waals surface area contributed by atoms with Crippen molar-refractivity contribution in [1.29, 1.82) is 0 Å². The van der Waals surface area contributed by atoms with Crippen LogP contribution in [0.15, 0.2) is 64.8 Å². The van der Waals surface area contributed by atoms with Crippen LogP contribution in [-0.4, -0.2) is 42.7 Å². The summed E-state index contributed by atoms with van der Waals surface area (Å²) in [7, 11) is 2.57. The van der Waals surface area contributed by atoms with Gasteiger partial charge in [0, 0.05) is 22.6 Å². The summed E-state index contributed by atoms with van der Waals surface area (Å²) in [6.45, 7) is 1.44. The average Bonchev–Trinajstić information content (AvgIpc) is 3.27. The van der Waals surface area contributed by atoms with Crippen LogP contribution in [0.5, 0.6) is 17.2 Å². The summed E-state index contributed by atoms with van der Waals surface area (Å²) in [6, 6.07) is 3.42. The number of imide groups is 1. The number of fused-ring (bicyclic) bond motifs is 3. The molecule has 0 spiro atoms. The van der Waals surface area contributed by atoms with E-state index in [1.807, 2.05) is 0 Å². The highest BCUT2D eigenvalue weighted by atomic mass is 19.4. The van der Waals surface area contributed by atoms with E-state index >= 15 is 0 Å². The zero-order valence-electron chi connectivity index (χ0n) is 24.9. The number of phenolic OH excluding ortho intramolecular Hbond substituents is 1. The van der Waals surface area contributed by atoms with Crippen LogP contribution in [0, 0.1) is 17.8 Å². The number of benzene rings is 2. The maximum Gasteiger partial charge on any atom is 0.416 e. The highest BCUT2D eigenvalue weighted by molar-refractivity contribution is 6.25. The Morgan fingerprint density at radius 3 is 1.94 bits per heavy atom. The Balaban J connectivity index is 1.50. The number of nitrogens with zero attached hydrogens (tertiary/aromatic N) is 1. The van der Waals surface area contributed by atoms with Crippen molar-refractivity contribution in [2.75, 3.05) is 19.1 Å². The number of carbonyl (C=O) groups excluding carboxylic acids is 4. The van der Waals surface area contributed by atoms with Crippen LogP contribution in [0.1, 0.15) is 42.4 Å². The van der Waals surface area contributed by atoms with E-state index in [-0.39, 0.29) is 52.9 Å². The number of aromatic hydroxyl groups is 1. The molecule has 6 rings (SSSR count). The van der Waals surface area contributed by atoms with Gasteiger partial charge in [-0.25, -0.2) is 4.90 Å². The molecule has 0 aromatic heterocycles. The van der Waals surface area contributed by atoms with E-state index in [2.05, 4.69) is 0 Å². The summed E-state index contributed by atoms with van der Waals surface area (Å²) in [5.74, 6) is -7.69. The molecule has 4 atom stereocenters. The van der Waals surface area contributed by atoms with Crippen LogP contribution in [0.4, 0.5) is 32.0 Å². The van der Waals surface area contributed by atoms with E-state index in [1.54, 1.807) is 6.08 Å². The number of rotatable bonds is 4. The molecule has 1 N–H and O–H groups in total. The molecule has 246 valence electrons. The molecular weight excluding hydrogens is 636 g/mol. The van der Waals surface area contributed by atoms with Crippen molar-refractivity contribution in [2.24, 2.45) is 17.8 Å². The van der Waals surface area contributed by atoms with Gasteiger partial charge in [-0.05, 0) is 67.7 Å². The zero-order chi connectivity index (χ0) is 34.3. The molecule has 4 aliphatic rings. The number of Topliss-reactive ketones (excluding diaryl/α,β-unsaturated/α-hetero) is 1. The van der Waals surface area contributed by atoms with Gasteiger partial charge in [0.25, 0.3) is 0 Å². The lowest BCUT2D eigenvalue weighted by molar-refractivity contribution is -0.143. The number of amides is 2. The Morgan fingerprint density at radius 1 is 0.830 bits per heavy atom. The van der Waals surface area contributed by atoms with Crippen LogP contribution in [0.3, 0.4) is 0 Å². The summed E-state index contributed by atoms with van der Waals surface area (Å²) in [6.07, 6.45) is -7.91. The van der Waals surface area contributed by atoms with E-state index in [0.717, 1.165) is 0 Å². The molecule has 2 aromatic rings. The molecule has 14 heteroatoms. The first kappa shape index (κ1) is 32.1. The topological polar surface area (TPSA) is 110 Å². The Labute approximate surface area is 262 Å². The van der Waals surface area contributed by atoms with Crippen LogP contribution in [0.2, 0.25) is 0 Å². The maximum atomic E-state index is 14.0. The van der Waals surface area contributed by atoms with Gasteiger partial charge in [-0.1, -0.05) is 11.6 Å². The number of allylic oxidation sites excluding steroid dienone is 6. The largest absolute Gasteiger partial charge is 0.502 e. The minimum Gasteiger partial charge on any atom is -0.502 e. The number of carbonyl (C=O) groups is 4. The second-order valence-electron chi connectivity index (χ2n) is 11.8. The molecule has 1 aliphatic heterocycles. The molecule has 1 saturated heterocycles. The molecule has 1 heterocycles. The zero-order valence-corrected chi connectivity index (χ0v) is 24.9. The Kier molecular flexibility index (Phi) is 7.40. The Bertz CT molecular complexity index is 1810. The molecule has 0 saturated carbocycles. The number of methoxy groups -OCH3 is 2. The van der Waals surface area contributed by atoms with Gasteiger partial charge in [0.05, 0.1) is 42.9 Å². The third kappa shape index (κ3) is 5.01. The summed E-state index contributed by atoms with van der Waals surface area (Å²) >= 11 is 0. The molecule has 0 bridgehead atoms. The number of ketones is 2. The Morgan fingerprint density at radius 2 is 1.40 bits per heavy atom. The van der Waals surface area contributed by atoms with Crippen LogP contribution in [-0.2, 0) is 31.5 Å². The highest BCUT2D eigenvalue weighted by Gasteiger charge is 2.57. The average molecular weight is 662 g/mol. The number of ether oxygens (including phenoxy) is 2. The highest BCUT2D eigenvalue weighted by Crippen LogP contribution is 2.57. The van der Waals surface area contributed by atoms with Crippen molar-refractivity contribution in [1.82, 2.24) is 0 Å². The van der Waals surface area contributed by atoms with E-state index in [9.17, 15) is 50.6 Å². The van der Waals surface area contributed by atoms with Crippen LogP contribution >= 0.6 is 0 Å². The van der Waals surface area contributed by atoms with Gasteiger partial charge >= 0.3 is 12.4 Å². The normalized spacial score (nSPS) is 24.5. The number of alkyl halides is 6. The molecule has 8 nitrogen and oxygen atoms in total. The van der Waals surface area contributed by atoms with Crippen molar-refractivity contribution in [3.05, 3.63) is 81.5 Å². The number of halogens is 6. The minimum absolute atomic E-state index is 0.0254. The number of hydrogen-bond donors (Lipinski definition) is 1. The second kappa shape index (κ2) is 10.8. The molecule has 3 aliphatic carbocycles. The quantitative estimate of drug-likeness (QED) is 0.183.